The molecule has 0 aromatic carbocycles. The van der Waals surface area contributed by atoms with Crippen molar-refractivity contribution in [2.24, 2.45) is 17.8 Å². The van der Waals surface area contributed by atoms with Gasteiger partial charge in [-0.05, 0) is 49.9 Å². The Kier molecular flexibility index (Phi) is 2.99. The van der Waals surface area contributed by atoms with Gasteiger partial charge in [-0.2, -0.15) is 0 Å². The largest absolute Gasteiger partial charge is 0.0707 e. The minimum absolute atomic E-state index is 0.930. The molecule has 0 radical (unpaired) electrons. The summed E-state index contributed by atoms with van der Waals surface area (Å²) < 4.78 is 0. The van der Waals surface area contributed by atoms with Gasteiger partial charge in [-0.25, -0.2) is 0 Å². The van der Waals surface area contributed by atoms with Gasteiger partial charge in [-0.15, -0.1) is 0 Å². The van der Waals surface area contributed by atoms with Gasteiger partial charge in [0.2, 0.25) is 0 Å². The predicted molar refractivity (Wildman–Crippen MR) is 62.2 cm³/mol. The fraction of sp³-hybridized carbons (Fsp3) is 0.857. The minimum Gasteiger partial charge on any atom is -0.0707 e. The van der Waals surface area contributed by atoms with Crippen LogP contribution in [0.4, 0.5) is 0 Å². The molecular formula is C14H24. The Labute approximate surface area is 88.8 Å². The summed E-state index contributed by atoms with van der Waals surface area (Å²) in [5.74, 6) is 2.81. The first-order valence-electron chi connectivity index (χ1n) is 6.36. The molecule has 0 bridgehead atoms. The van der Waals surface area contributed by atoms with E-state index >= 15 is 0 Å². The van der Waals surface area contributed by atoms with E-state index in [-0.39, 0.29) is 0 Å². The van der Waals surface area contributed by atoms with E-state index in [9.17, 15) is 0 Å². The second-order valence-corrected chi connectivity index (χ2v) is 5.77. The molecule has 0 N–H and O–H groups in total. The van der Waals surface area contributed by atoms with Gasteiger partial charge in [0.15, 0.2) is 0 Å². The third-order valence-corrected chi connectivity index (χ3v) is 4.38. The second-order valence-electron chi connectivity index (χ2n) is 5.77. The van der Waals surface area contributed by atoms with Crippen LogP contribution in [-0.4, -0.2) is 0 Å². The van der Waals surface area contributed by atoms with Crippen molar-refractivity contribution in [1.29, 1.82) is 0 Å². The molecule has 14 heavy (non-hydrogen) atoms. The Hall–Kier alpha value is -0.260. The third kappa shape index (κ3) is 2.04. The van der Waals surface area contributed by atoms with Gasteiger partial charge in [-0.3, -0.25) is 0 Å². The highest BCUT2D eigenvalue weighted by Gasteiger charge is 2.26. The summed E-state index contributed by atoms with van der Waals surface area (Å²) in [5.41, 5.74) is 3.69. The maximum atomic E-state index is 2.43. The summed E-state index contributed by atoms with van der Waals surface area (Å²) in [6, 6.07) is 0. The van der Waals surface area contributed by atoms with Crippen LogP contribution in [0.1, 0.15) is 59.3 Å². The monoisotopic (exact) mass is 192 g/mol. The maximum absolute atomic E-state index is 2.43. The normalized spacial score (nSPS) is 39.2. The van der Waals surface area contributed by atoms with Crippen LogP contribution in [0.3, 0.4) is 0 Å². The average Bonchev–Trinajstić information content (AvgIpc) is 2.28. The van der Waals surface area contributed by atoms with E-state index in [2.05, 4.69) is 20.8 Å². The molecule has 0 aromatic rings. The molecular weight excluding hydrogens is 168 g/mol. The van der Waals surface area contributed by atoms with E-state index in [4.69, 9.17) is 0 Å². The molecule has 0 aliphatic heterocycles. The molecule has 0 amide bonds. The molecule has 2 rings (SSSR count). The highest BCUT2D eigenvalue weighted by molar-refractivity contribution is 5.20. The highest BCUT2D eigenvalue weighted by atomic mass is 14.3. The lowest BCUT2D eigenvalue weighted by atomic mass is 9.76. The minimum atomic E-state index is 0.930. The van der Waals surface area contributed by atoms with Gasteiger partial charge in [0, 0.05) is 0 Å². The third-order valence-electron chi connectivity index (χ3n) is 4.38. The van der Waals surface area contributed by atoms with Crippen molar-refractivity contribution in [3.63, 3.8) is 0 Å². The van der Waals surface area contributed by atoms with Gasteiger partial charge in [0.1, 0.15) is 0 Å². The fourth-order valence-electron chi connectivity index (χ4n) is 3.16. The van der Waals surface area contributed by atoms with Crippen molar-refractivity contribution >= 4 is 0 Å². The van der Waals surface area contributed by atoms with Gasteiger partial charge in [-0.1, -0.05) is 38.3 Å². The summed E-state index contributed by atoms with van der Waals surface area (Å²) in [4.78, 5) is 0. The Bertz CT molecular complexity index is 236. The molecule has 0 aromatic heterocycles. The second kappa shape index (κ2) is 4.08. The molecule has 2 aliphatic carbocycles. The van der Waals surface area contributed by atoms with Gasteiger partial charge < -0.3 is 0 Å². The van der Waals surface area contributed by atoms with Crippen LogP contribution in [0.25, 0.3) is 0 Å². The smallest absolute Gasteiger partial charge is 0.0289 e. The summed E-state index contributed by atoms with van der Waals surface area (Å²) >= 11 is 0. The number of rotatable bonds is 0. The lowest BCUT2D eigenvalue weighted by molar-refractivity contribution is 0.348. The molecule has 0 fully saturated rings. The zero-order valence-electron chi connectivity index (χ0n) is 9.97. The van der Waals surface area contributed by atoms with Crippen molar-refractivity contribution in [2.45, 2.75) is 59.3 Å². The molecule has 2 aliphatic rings. The van der Waals surface area contributed by atoms with Crippen molar-refractivity contribution in [1.82, 2.24) is 0 Å². The predicted octanol–water partition coefficient (Wildman–Crippen LogP) is 4.56. The van der Waals surface area contributed by atoms with E-state index in [1.54, 1.807) is 0 Å². The average molecular weight is 192 g/mol. The van der Waals surface area contributed by atoms with Gasteiger partial charge in [0.05, 0.1) is 0 Å². The molecule has 80 valence electrons. The van der Waals surface area contributed by atoms with Gasteiger partial charge in [0.25, 0.3) is 0 Å². The van der Waals surface area contributed by atoms with Crippen LogP contribution in [0.15, 0.2) is 11.1 Å². The van der Waals surface area contributed by atoms with E-state index in [0.29, 0.717) is 0 Å². The Morgan fingerprint density at radius 1 is 0.857 bits per heavy atom. The summed E-state index contributed by atoms with van der Waals surface area (Å²) in [7, 11) is 0. The van der Waals surface area contributed by atoms with Crippen LogP contribution in [0, 0.1) is 17.8 Å². The molecule has 0 heteroatoms. The van der Waals surface area contributed by atoms with E-state index in [1.165, 1.54) is 38.5 Å². The van der Waals surface area contributed by atoms with Crippen molar-refractivity contribution in [3.8, 4) is 0 Å². The van der Waals surface area contributed by atoms with E-state index in [1.807, 2.05) is 11.1 Å². The molecule has 0 saturated heterocycles. The topological polar surface area (TPSA) is 0 Å². The molecule has 3 atom stereocenters. The lowest BCUT2D eigenvalue weighted by Crippen LogP contribution is -2.17. The molecule has 0 heterocycles. The van der Waals surface area contributed by atoms with E-state index in [0.717, 1.165) is 17.8 Å². The van der Waals surface area contributed by atoms with Crippen LogP contribution >= 0.6 is 0 Å². The number of hydrogen-bond acceptors (Lipinski definition) is 0. The molecule has 0 saturated carbocycles. The Balaban J connectivity index is 2.15. The zero-order valence-corrected chi connectivity index (χ0v) is 9.97. The standard InChI is InChI=1S/C14H24/c1-10-5-4-6-13-8-11(2)12(3)9-14(13)7-10/h10-12H,4-9H2,1-3H3. The summed E-state index contributed by atoms with van der Waals surface area (Å²) in [5, 5.41) is 0. The first kappa shape index (κ1) is 10.3. The summed E-state index contributed by atoms with van der Waals surface area (Å²) in [6.45, 7) is 7.30. The van der Waals surface area contributed by atoms with Crippen LogP contribution in [0.2, 0.25) is 0 Å². The highest BCUT2D eigenvalue weighted by Crippen LogP contribution is 2.41. The van der Waals surface area contributed by atoms with Crippen molar-refractivity contribution in [3.05, 3.63) is 11.1 Å². The van der Waals surface area contributed by atoms with Crippen molar-refractivity contribution < 1.29 is 0 Å². The SMILES string of the molecule is CC1CCCC2=C(C1)CC(C)C(C)C2. The summed E-state index contributed by atoms with van der Waals surface area (Å²) in [6.07, 6.45) is 8.53. The van der Waals surface area contributed by atoms with Crippen LogP contribution in [-0.2, 0) is 0 Å². The Morgan fingerprint density at radius 2 is 1.50 bits per heavy atom. The maximum Gasteiger partial charge on any atom is -0.0289 e. The molecule has 0 nitrogen and oxygen atoms in total. The van der Waals surface area contributed by atoms with Crippen molar-refractivity contribution in [2.75, 3.05) is 0 Å². The van der Waals surface area contributed by atoms with Crippen LogP contribution in [0.5, 0.6) is 0 Å². The first-order chi connectivity index (χ1) is 6.66. The fourth-order valence-corrected chi connectivity index (χ4v) is 3.16. The van der Waals surface area contributed by atoms with Crippen LogP contribution < -0.4 is 0 Å². The lowest BCUT2D eigenvalue weighted by Gasteiger charge is -2.30. The Morgan fingerprint density at radius 3 is 2.21 bits per heavy atom. The quantitative estimate of drug-likeness (QED) is 0.494. The van der Waals surface area contributed by atoms with E-state index < -0.39 is 0 Å². The van der Waals surface area contributed by atoms with Gasteiger partial charge >= 0.3 is 0 Å². The number of allylic oxidation sites excluding steroid dienone is 2. The zero-order chi connectivity index (χ0) is 10.1. The molecule has 0 spiro atoms. The molecule has 3 unspecified atom stereocenters. The first-order valence-corrected chi connectivity index (χ1v) is 6.36. The number of hydrogen-bond donors (Lipinski definition) is 0.